The third kappa shape index (κ3) is 4.13. The van der Waals surface area contributed by atoms with Crippen molar-refractivity contribution in [2.24, 2.45) is 5.92 Å². The predicted octanol–water partition coefficient (Wildman–Crippen LogP) is 3.72. The smallest absolute Gasteiger partial charge is 0.231 e. The summed E-state index contributed by atoms with van der Waals surface area (Å²) in [5.74, 6) is 0.680. The van der Waals surface area contributed by atoms with Crippen molar-refractivity contribution in [2.75, 3.05) is 29.5 Å². The molecule has 0 aromatic heterocycles. The zero-order valence-corrected chi connectivity index (χ0v) is 16.1. The molecule has 0 radical (unpaired) electrons. The fourth-order valence-corrected chi connectivity index (χ4v) is 3.39. The predicted molar refractivity (Wildman–Crippen MR) is 107 cm³/mol. The van der Waals surface area contributed by atoms with E-state index in [0.29, 0.717) is 26.1 Å². The molecular weight excluding hydrogens is 340 g/mol. The van der Waals surface area contributed by atoms with Gasteiger partial charge >= 0.3 is 0 Å². The van der Waals surface area contributed by atoms with Gasteiger partial charge in [0, 0.05) is 13.1 Å². The van der Waals surface area contributed by atoms with Crippen LogP contribution in [0.5, 0.6) is 5.75 Å². The van der Waals surface area contributed by atoms with E-state index in [1.165, 1.54) is 0 Å². The van der Waals surface area contributed by atoms with Crippen LogP contribution in [-0.2, 0) is 9.59 Å². The van der Waals surface area contributed by atoms with Gasteiger partial charge in [-0.05, 0) is 49.6 Å². The summed E-state index contributed by atoms with van der Waals surface area (Å²) in [6.07, 6.45) is 1.51. The Hall–Kier alpha value is -2.82. The zero-order valence-electron chi connectivity index (χ0n) is 16.1. The number of hydrogen-bond donors (Lipinski definition) is 0. The standard InChI is InChI=1S/C22H26N2O3/c1-16-9-10-17(2)21(13-16)27-12-6-11-24-20-8-5-4-7-19(20)23(15-25)14-18(3)22(24)26/h4-5,7-10,13,15,18H,6,11-12,14H2,1-3H3. The molecule has 1 aliphatic rings. The molecule has 3 rings (SSSR count). The summed E-state index contributed by atoms with van der Waals surface area (Å²) >= 11 is 0. The summed E-state index contributed by atoms with van der Waals surface area (Å²) in [5, 5.41) is 0. The van der Waals surface area contributed by atoms with Crippen molar-refractivity contribution in [3.05, 3.63) is 53.6 Å². The van der Waals surface area contributed by atoms with Crippen LogP contribution in [0, 0.1) is 19.8 Å². The van der Waals surface area contributed by atoms with Crippen LogP contribution in [0.3, 0.4) is 0 Å². The first kappa shape index (κ1) is 19.0. The Morgan fingerprint density at radius 1 is 1.15 bits per heavy atom. The maximum Gasteiger partial charge on any atom is 0.231 e. The minimum absolute atomic E-state index is 0.0403. The van der Waals surface area contributed by atoms with Crippen LogP contribution in [0.15, 0.2) is 42.5 Å². The highest BCUT2D eigenvalue weighted by Gasteiger charge is 2.30. The molecule has 1 heterocycles. The number of anilines is 2. The van der Waals surface area contributed by atoms with Crippen molar-refractivity contribution < 1.29 is 14.3 Å². The minimum atomic E-state index is -0.248. The molecule has 142 valence electrons. The van der Waals surface area contributed by atoms with E-state index in [4.69, 9.17) is 4.74 Å². The summed E-state index contributed by atoms with van der Waals surface area (Å²) in [6.45, 7) is 7.41. The van der Waals surface area contributed by atoms with Gasteiger partial charge in [0.25, 0.3) is 0 Å². The molecule has 1 aliphatic heterocycles. The summed E-state index contributed by atoms with van der Waals surface area (Å²) in [7, 11) is 0. The molecule has 0 saturated heterocycles. The lowest BCUT2D eigenvalue weighted by atomic mass is 10.1. The Bertz CT molecular complexity index is 834. The van der Waals surface area contributed by atoms with E-state index >= 15 is 0 Å². The highest BCUT2D eigenvalue weighted by atomic mass is 16.5. The molecule has 1 atom stereocenters. The Morgan fingerprint density at radius 2 is 1.89 bits per heavy atom. The van der Waals surface area contributed by atoms with Crippen molar-refractivity contribution in [3.8, 4) is 5.75 Å². The number of ether oxygens (including phenoxy) is 1. The van der Waals surface area contributed by atoms with Crippen molar-refractivity contribution in [1.29, 1.82) is 0 Å². The Labute approximate surface area is 160 Å². The molecule has 0 fully saturated rings. The van der Waals surface area contributed by atoms with Gasteiger partial charge in [-0.25, -0.2) is 0 Å². The third-order valence-corrected chi connectivity index (χ3v) is 4.89. The molecule has 27 heavy (non-hydrogen) atoms. The lowest BCUT2D eigenvalue weighted by molar-refractivity contribution is -0.121. The Kier molecular flexibility index (Phi) is 5.79. The molecule has 2 aromatic rings. The van der Waals surface area contributed by atoms with Crippen molar-refractivity contribution >= 4 is 23.7 Å². The van der Waals surface area contributed by atoms with E-state index in [0.717, 1.165) is 34.7 Å². The van der Waals surface area contributed by atoms with Gasteiger partial charge in [-0.3, -0.25) is 9.59 Å². The molecule has 0 saturated carbocycles. The largest absolute Gasteiger partial charge is 0.493 e. The van der Waals surface area contributed by atoms with Gasteiger partial charge < -0.3 is 14.5 Å². The normalized spacial score (nSPS) is 16.7. The van der Waals surface area contributed by atoms with Crippen LogP contribution in [0.1, 0.15) is 24.5 Å². The van der Waals surface area contributed by atoms with Gasteiger partial charge in [-0.2, -0.15) is 0 Å². The lowest BCUT2D eigenvalue weighted by Gasteiger charge is -2.24. The Morgan fingerprint density at radius 3 is 2.63 bits per heavy atom. The molecule has 0 bridgehead atoms. The van der Waals surface area contributed by atoms with E-state index in [2.05, 4.69) is 12.1 Å². The van der Waals surface area contributed by atoms with Gasteiger partial charge in [0.15, 0.2) is 0 Å². The number of aryl methyl sites for hydroxylation is 2. The summed E-state index contributed by atoms with van der Waals surface area (Å²) < 4.78 is 5.93. The monoisotopic (exact) mass is 366 g/mol. The second-order valence-corrected chi connectivity index (χ2v) is 7.11. The maximum absolute atomic E-state index is 12.9. The number of nitrogens with zero attached hydrogens (tertiary/aromatic N) is 2. The van der Waals surface area contributed by atoms with Gasteiger partial charge in [0.1, 0.15) is 5.75 Å². The second-order valence-electron chi connectivity index (χ2n) is 7.11. The number of carbonyl (C=O) groups excluding carboxylic acids is 2. The summed E-state index contributed by atoms with van der Waals surface area (Å²) in [5.41, 5.74) is 3.83. The van der Waals surface area contributed by atoms with Crippen LogP contribution >= 0.6 is 0 Å². The first-order chi connectivity index (χ1) is 13.0. The molecule has 0 spiro atoms. The van der Waals surface area contributed by atoms with Gasteiger partial charge in [0.05, 0.1) is 23.9 Å². The number of amides is 2. The van der Waals surface area contributed by atoms with Crippen LogP contribution < -0.4 is 14.5 Å². The average molecular weight is 366 g/mol. The van der Waals surface area contributed by atoms with E-state index in [1.807, 2.05) is 51.1 Å². The molecule has 2 aromatic carbocycles. The molecule has 5 heteroatoms. The molecule has 0 N–H and O–H groups in total. The number of rotatable bonds is 6. The Balaban J connectivity index is 1.71. The number of fused-ring (bicyclic) bond motifs is 1. The highest BCUT2D eigenvalue weighted by molar-refractivity contribution is 6.02. The second kappa shape index (κ2) is 8.25. The third-order valence-electron chi connectivity index (χ3n) is 4.89. The lowest BCUT2D eigenvalue weighted by Crippen LogP contribution is -2.37. The van der Waals surface area contributed by atoms with E-state index < -0.39 is 0 Å². The molecular formula is C22H26N2O3. The fraction of sp³-hybridized carbons (Fsp3) is 0.364. The minimum Gasteiger partial charge on any atom is -0.493 e. The van der Waals surface area contributed by atoms with E-state index in [-0.39, 0.29) is 11.8 Å². The topological polar surface area (TPSA) is 49.9 Å². The summed E-state index contributed by atoms with van der Waals surface area (Å²) in [4.78, 5) is 27.8. The van der Waals surface area contributed by atoms with Crippen molar-refractivity contribution in [2.45, 2.75) is 27.2 Å². The zero-order chi connectivity index (χ0) is 19.4. The molecule has 5 nitrogen and oxygen atoms in total. The van der Waals surface area contributed by atoms with Crippen LogP contribution in [-0.4, -0.2) is 32.0 Å². The van der Waals surface area contributed by atoms with Gasteiger partial charge in [-0.1, -0.05) is 31.2 Å². The number of benzene rings is 2. The summed E-state index contributed by atoms with van der Waals surface area (Å²) in [6, 6.07) is 13.7. The van der Waals surface area contributed by atoms with Crippen molar-refractivity contribution in [3.63, 3.8) is 0 Å². The fourth-order valence-electron chi connectivity index (χ4n) is 3.39. The molecule has 1 unspecified atom stereocenters. The number of hydrogen-bond acceptors (Lipinski definition) is 3. The van der Waals surface area contributed by atoms with E-state index in [1.54, 1.807) is 9.80 Å². The van der Waals surface area contributed by atoms with Crippen LogP contribution in [0.25, 0.3) is 0 Å². The van der Waals surface area contributed by atoms with Gasteiger partial charge in [0.2, 0.25) is 12.3 Å². The van der Waals surface area contributed by atoms with Crippen molar-refractivity contribution in [1.82, 2.24) is 0 Å². The average Bonchev–Trinajstić information content (AvgIpc) is 2.77. The highest BCUT2D eigenvalue weighted by Crippen LogP contribution is 2.33. The first-order valence-corrected chi connectivity index (χ1v) is 9.33. The maximum atomic E-state index is 12.9. The molecule has 0 aliphatic carbocycles. The number of carbonyl (C=O) groups is 2. The van der Waals surface area contributed by atoms with Crippen LogP contribution in [0.4, 0.5) is 11.4 Å². The van der Waals surface area contributed by atoms with E-state index in [9.17, 15) is 9.59 Å². The van der Waals surface area contributed by atoms with Gasteiger partial charge in [-0.15, -0.1) is 0 Å². The van der Waals surface area contributed by atoms with Crippen LogP contribution in [0.2, 0.25) is 0 Å². The first-order valence-electron chi connectivity index (χ1n) is 9.33. The SMILES string of the molecule is Cc1ccc(C)c(OCCCN2C(=O)C(C)CN(C=O)c3ccccc32)c1. The molecule has 2 amide bonds. The quantitative estimate of drug-likeness (QED) is 0.578. The number of para-hydroxylation sites is 2.